The fourth-order valence-corrected chi connectivity index (χ4v) is 3.43. The standard InChI is InChI=1S/C25H24N4O5/c1-32-20-11-7-18(8-12-20)28-24(30)17-3-2-4-21(13-17)33-15-22-14-29(25(31)34-22)19-9-5-16(6-10-19)23(26)27/h2-13,22H,14-15H2,1H3,(H3,26,27)(H,28,30). The Hall–Kier alpha value is -4.53. The molecule has 2 amide bonds. The molecule has 0 saturated carbocycles. The minimum Gasteiger partial charge on any atom is -0.497 e. The maximum atomic E-state index is 12.6. The molecule has 4 N–H and O–H groups in total. The van der Waals surface area contributed by atoms with Gasteiger partial charge in [0.25, 0.3) is 5.91 Å². The van der Waals surface area contributed by atoms with Gasteiger partial charge in [-0.2, -0.15) is 0 Å². The normalized spacial score (nSPS) is 14.9. The molecule has 9 heteroatoms. The number of nitrogens with one attached hydrogen (secondary N) is 2. The van der Waals surface area contributed by atoms with Crippen molar-refractivity contribution in [3.63, 3.8) is 0 Å². The number of hydrogen-bond donors (Lipinski definition) is 3. The molecule has 1 saturated heterocycles. The van der Waals surface area contributed by atoms with E-state index in [9.17, 15) is 9.59 Å². The number of anilines is 2. The molecule has 174 valence electrons. The Bertz CT molecular complexity index is 1190. The van der Waals surface area contributed by atoms with Crippen LogP contribution in [-0.2, 0) is 4.74 Å². The third-order valence-electron chi connectivity index (χ3n) is 5.24. The lowest BCUT2D eigenvalue weighted by Gasteiger charge is -2.14. The lowest BCUT2D eigenvalue weighted by molar-refractivity contribution is 0.102. The number of cyclic esters (lactones) is 1. The van der Waals surface area contributed by atoms with Gasteiger partial charge in [0.05, 0.1) is 13.7 Å². The highest BCUT2D eigenvalue weighted by Gasteiger charge is 2.32. The third-order valence-corrected chi connectivity index (χ3v) is 5.24. The van der Waals surface area contributed by atoms with Gasteiger partial charge in [0, 0.05) is 22.5 Å². The topological polar surface area (TPSA) is 127 Å². The lowest BCUT2D eigenvalue weighted by atomic mass is 10.2. The second kappa shape index (κ2) is 9.95. The molecule has 1 atom stereocenters. The van der Waals surface area contributed by atoms with Gasteiger partial charge in [-0.1, -0.05) is 6.07 Å². The number of amides is 2. The molecule has 1 aliphatic heterocycles. The number of benzene rings is 3. The molecule has 34 heavy (non-hydrogen) atoms. The Morgan fingerprint density at radius 2 is 1.82 bits per heavy atom. The Morgan fingerprint density at radius 1 is 1.09 bits per heavy atom. The number of nitrogens with zero attached hydrogens (tertiary/aromatic N) is 1. The SMILES string of the molecule is COc1ccc(NC(=O)c2cccc(OCC3CN(c4ccc(C(=N)N)cc4)C(=O)O3)c2)cc1. The van der Waals surface area contributed by atoms with Gasteiger partial charge in [0.15, 0.2) is 6.10 Å². The first-order valence-corrected chi connectivity index (χ1v) is 10.5. The van der Waals surface area contributed by atoms with Crippen LogP contribution in [0.25, 0.3) is 0 Å². The second-order valence-corrected chi connectivity index (χ2v) is 7.60. The van der Waals surface area contributed by atoms with Gasteiger partial charge in [-0.3, -0.25) is 15.1 Å². The second-order valence-electron chi connectivity index (χ2n) is 7.60. The van der Waals surface area contributed by atoms with Gasteiger partial charge in [0.2, 0.25) is 0 Å². The number of carbonyl (C=O) groups excluding carboxylic acids is 2. The molecule has 4 rings (SSSR count). The van der Waals surface area contributed by atoms with Crippen LogP contribution in [0, 0.1) is 5.41 Å². The summed E-state index contributed by atoms with van der Waals surface area (Å²) in [5.74, 6) is 0.875. The van der Waals surface area contributed by atoms with E-state index in [2.05, 4.69) is 5.32 Å². The number of carbonyl (C=O) groups is 2. The minimum atomic E-state index is -0.475. The number of hydrogen-bond acceptors (Lipinski definition) is 6. The largest absolute Gasteiger partial charge is 0.497 e. The van der Waals surface area contributed by atoms with Crippen LogP contribution >= 0.6 is 0 Å². The molecule has 0 spiro atoms. The van der Waals surface area contributed by atoms with Crippen LogP contribution in [0.5, 0.6) is 11.5 Å². The molecular weight excluding hydrogens is 436 g/mol. The molecule has 0 aliphatic carbocycles. The first-order chi connectivity index (χ1) is 16.4. The van der Waals surface area contributed by atoms with E-state index in [0.29, 0.717) is 40.5 Å². The highest BCUT2D eigenvalue weighted by molar-refractivity contribution is 6.04. The molecule has 0 radical (unpaired) electrons. The van der Waals surface area contributed by atoms with Gasteiger partial charge in [-0.25, -0.2) is 4.79 Å². The van der Waals surface area contributed by atoms with Crippen LogP contribution in [0.2, 0.25) is 0 Å². The van der Waals surface area contributed by atoms with Gasteiger partial charge in [-0.05, 0) is 66.7 Å². The molecule has 9 nitrogen and oxygen atoms in total. The van der Waals surface area contributed by atoms with E-state index in [-0.39, 0.29) is 18.3 Å². The summed E-state index contributed by atoms with van der Waals surface area (Å²) in [6, 6.07) is 20.6. The maximum Gasteiger partial charge on any atom is 0.414 e. The van der Waals surface area contributed by atoms with E-state index in [1.807, 2.05) is 0 Å². The fourth-order valence-electron chi connectivity index (χ4n) is 3.43. The molecule has 1 aliphatic rings. The number of methoxy groups -OCH3 is 1. The molecule has 3 aromatic rings. The predicted molar refractivity (Wildman–Crippen MR) is 128 cm³/mol. The zero-order valence-corrected chi connectivity index (χ0v) is 18.5. The van der Waals surface area contributed by atoms with Crippen LogP contribution in [0.4, 0.5) is 16.2 Å². The van der Waals surface area contributed by atoms with E-state index in [1.165, 1.54) is 4.90 Å². The maximum absolute atomic E-state index is 12.6. The van der Waals surface area contributed by atoms with Gasteiger partial charge in [0.1, 0.15) is 23.9 Å². The number of rotatable bonds is 8. The molecule has 3 aromatic carbocycles. The van der Waals surface area contributed by atoms with Crippen molar-refractivity contribution in [2.24, 2.45) is 5.73 Å². The Balaban J connectivity index is 1.34. The summed E-state index contributed by atoms with van der Waals surface area (Å²) in [5, 5.41) is 10.3. The van der Waals surface area contributed by atoms with E-state index < -0.39 is 12.2 Å². The average Bonchev–Trinajstić information content (AvgIpc) is 3.23. The molecular formula is C25H24N4O5. The lowest BCUT2D eigenvalue weighted by Crippen LogP contribution is -2.26. The first kappa shape index (κ1) is 22.7. The van der Waals surface area contributed by atoms with Crippen LogP contribution in [0.1, 0.15) is 15.9 Å². The van der Waals surface area contributed by atoms with E-state index in [4.69, 9.17) is 25.4 Å². The van der Waals surface area contributed by atoms with Gasteiger partial charge >= 0.3 is 6.09 Å². The Morgan fingerprint density at radius 3 is 2.50 bits per heavy atom. The van der Waals surface area contributed by atoms with Crippen molar-refractivity contribution in [1.29, 1.82) is 5.41 Å². The summed E-state index contributed by atoms with van der Waals surface area (Å²) in [6.07, 6.45) is -0.950. The van der Waals surface area contributed by atoms with Crippen molar-refractivity contribution >= 4 is 29.2 Å². The molecule has 1 fully saturated rings. The van der Waals surface area contributed by atoms with Gasteiger partial charge in [-0.15, -0.1) is 0 Å². The van der Waals surface area contributed by atoms with Crippen molar-refractivity contribution in [3.05, 3.63) is 83.9 Å². The van der Waals surface area contributed by atoms with Crippen LogP contribution in [0.15, 0.2) is 72.8 Å². The number of ether oxygens (including phenoxy) is 3. The molecule has 0 bridgehead atoms. The quantitative estimate of drug-likeness (QED) is 0.348. The summed E-state index contributed by atoms with van der Waals surface area (Å²) in [4.78, 5) is 26.4. The third kappa shape index (κ3) is 5.26. The van der Waals surface area contributed by atoms with Crippen LogP contribution < -0.4 is 25.4 Å². The summed E-state index contributed by atoms with van der Waals surface area (Å²) in [5.41, 5.74) is 7.77. The van der Waals surface area contributed by atoms with Crippen molar-refractivity contribution < 1.29 is 23.8 Å². The fraction of sp³-hybridized carbons (Fsp3) is 0.160. The van der Waals surface area contributed by atoms with Crippen molar-refractivity contribution in [1.82, 2.24) is 0 Å². The highest BCUT2D eigenvalue weighted by atomic mass is 16.6. The predicted octanol–water partition coefficient (Wildman–Crippen LogP) is 3.64. The molecule has 1 unspecified atom stereocenters. The summed E-state index contributed by atoms with van der Waals surface area (Å²) < 4.78 is 16.3. The summed E-state index contributed by atoms with van der Waals surface area (Å²) in [6.45, 7) is 0.452. The average molecular weight is 460 g/mol. The number of nitrogen functional groups attached to an aromatic ring is 1. The van der Waals surface area contributed by atoms with E-state index in [1.54, 1.807) is 79.9 Å². The Kier molecular flexibility index (Phi) is 6.63. The van der Waals surface area contributed by atoms with Crippen LogP contribution in [-0.4, -0.2) is 44.2 Å². The van der Waals surface area contributed by atoms with Crippen molar-refractivity contribution in [2.75, 3.05) is 30.5 Å². The zero-order chi connectivity index (χ0) is 24.1. The molecule has 0 aromatic heterocycles. The zero-order valence-electron chi connectivity index (χ0n) is 18.5. The first-order valence-electron chi connectivity index (χ1n) is 10.5. The number of amidine groups is 1. The minimum absolute atomic E-state index is 0.0401. The summed E-state index contributed by atoms with van der Waals surface area (Å²) >= 11 is 0. The smallest absolute Gasteiger partial charge is 0.414 e. The van der Waals surface area contributed by atoms with Crippen molar-refractivity contribution in [2.45, 2.75) is 6.10 Å². The number of nitrogens with two attached hydrogens (primary N) is 1. The van der Waals surface area contributed by atoms with Gasteiger partial charge < -0.3 is 25.3 Å². The summed E-state index contributed by atoms with van der Waals surface area (Å²) in [7, 11) is 1.58. The van der Waals surface area contributed by atoms with E-state index in [0.717, 1.165) is 0 Å². The molecule has 1 heterocycles. The highest BCUT2D eigenvalue weighted by Crippen LogP contribution is 2.23. The van der Waals surface area contributed by atoms with Crippen LogP contribution in [0.3, 0.4) is 0 Å². The van der Waals surface area contributed by atoms with E-state index >= 15 is 0 Å². The Labute approximate surface area is 196 Å². The van der Waals surface area contributed by atoms with Crippen molar-refractivity contribution in [3.8, 4) is 11.5 Å². The monoisotopic (exact) mass is 460 g/mol.